The first-order valence-corrected chi connectivity index (χ1v) is 18.1. The van der Waals surface area contributed by atoms with Gasteiger partial charge in [0.25, 0.3) is 0 Å². The van der Waals surface area contributed by atoms with Gasteiger partial charge in [-0.1, -0.05) is 79.7 Å². The summed E-state index contributed by atoms with van der Waals surface area (Å²) in [5, 5.41) is 11.5. The summed E-state index contributed by atoms with van der Waals surface area (Å²) in [5.74, 6) is 0.700. The Labute approximate surface area is 240 Å². The van der Waals surface area contributed by atoms with Gasteiger partial charge in [0.15, 0.2) is 8.32 Å². The van der Waals surface area contributed by atoms with Gasteiger partial charge in [-0.2, -0.15) is 0 Å². The molecule has 0 radical (unpaired) electrons. The van der Waals surface area contributed by atoms with Gasteiger partial charge in [-0.25, -0.2) is 0 Å². The minimum absolute atomic E-state index is 0.0921. The first-order chi connectivity index (χ1) is 16.9. The van der Waals surface area contributed by atoms with E-state index in [4.69, 9.17) is 9.41 Å². The first-order valence-electron chi connectivity index (χ1n) is 14.1. The van der Waals surface area contributed by atoms with Gasteiger partial charge in [0.05, 0.1) is 12.2 Å². The zero-order valence-corrected chi connectivity index (χ0v) is 27.9. The molecular formula is C32H48INO2Si. The largest absolute Gasteiger partial charge is 0.410 e. The average Bonchev–Trinajstić information content (AvgIpc) is 2.74. The number of hydrogen-bond acceptors (Lipinski definition) is 3. The maximum Gasteiger partial charge on any atom is 0.192 e. The van der Waals surface area contributed by atoms with Gasteiger partial charge >= 0.3 is 0 Å². The molecule has 0 saturated heterocycles. The summed E-state index contributed by atoms with van der Waals surface area (Å²) in [5.41, 5.74) is 6.41. The number of hydrogen-bond donors (Lipinski definition) is 1. The molecule has 0 aliphatic heterocycles. The molecule has 1 fully saturated rings. The lowest BCUT2D eigenvalue weighted by Gasteiger charge is -2.54. The summed E-state index contributed by atoms with van der Waals surface area (Å²) in [6.07, 6.45) is 3.80. The van der Waals surface area contributed by atoms with E-state index in [2.05, 4.69) is 121 Å². The Morgan fingerprint density at radius 3 is 2.14 bits per heavy atom. The van der Waals surface area contributed by atoms with Crippen LogP contribution >= 0.6 is 22.6 Å². The number of benzene rings is 1. The summed E-state index contributed by atoms with van der Waals surface area (Å²) in [6.45, 7) is 22.9. The van der Waals surface area contributed by atoms with E-state index in [9.17, 15) is 5.11 Å². The second-order valence-electron chi connectivity index (χ2n) is 14.8. The lowest BCUT2D eigenvalue weighted by Crippen LogP contribution is -2.49. The smallest absolute Gasteiger partial charge is 0.192 e. The van der Waals surface area contributed by atoms with E-state index in [0.717, 1.165) is 31.2 Å². The van der Waals surface area contributed by atoms with E-state index in [1.54, 1.807) is 0 Å². The monoisotopic (exact) mass is 633 g/mol. The van der Waals surface area contributed by atoms with Crippen LogP contribution in [0.4, 0.5) is 0 Å². The molecule has 1 heterocycles. The van der Waals surface area contributed by atoms with E-state index >= 15 is 0 Å². The second kappa shape index (κ2) is 10.0. The zero-order valence-electron chi connectivity index (χ0n) is 24.7. The third-order valence-electron chi connectivity index (χ3n) is 9.38. The molecule has 2 aliphatic carbocycles. The highest BCUT2D eigenvalue weighted by Gasteiger charge is 2.53. The Balaban J connectivity index is 1.60. The third-order valence-corrected chi connectivity index (χ3v) is 14.8. The molecule has 1 spiro atoms. The highest BCUT2D eigenvalue weighted by atomic mass is 127. The van der Waals surface area contributed by atoms with E-state index in [1.165, 1.54) is 26.1 Å². The number of rotatable bonds is 5. The molecule has 1 aromatic carbocycles. The lowest BCUT2D eigenvalue weighted by molar-refractivity contribution is -0.0662. The minimum Gasteiger partial charge on any atom is -0.410 e. The molecule has 1 aromatic heterocycles. The molecule has 37 heavy (non-hydrogen) atoms. The maximum atomic E-state index is 11.3. The summed E-state index contributed by atoms with van der Waals surface area (Å²) >= 11 is 2.52. The fraction of sp³-hybridized carbons (Fsp3) is 0.656. The fourth-order valence-electron chi connectivity index (χ4n) is 5.96. The van der Waals surface area contributed by atoms with Crippen molar-refractivity contribution >= 4 is 30.9 Å². The number of nitrogens with zero attached hydrogens (tertiary/aromatic N) is 1. The SMILES string of the molecule is CC(C)c1cc(I)c2c(n1)CC1(CC([C@@H](O)c3ccc(C(C)(C)C)cc3)C1)C[C@@H]2O[Si](C)(C)C(C)(C)C. The van der Waals surface area contributed by atoms with Crippen LogP contribution in [0.3, 0.4) is 0 Å². The molecular weight excluding hydrogens is 585 g/mol. The van der Waals surface area contributed by atoms with Gasteiger partial charge in [0, 0.05) is 20.5 Å². The zero-order chi connectivity index (χ0) is 27.6. The van der Waals surface area contributed by atoms with Crippen molar-refractivity contribution < 1.29 is 9.53 Å². The molecule has 3 nitrogen and oxygen atoms in total. The van der Waals surface area contributed by atoms with Crippen LogP contribution in [0.5, 0.6) is 0 Å². The van der Waals surface area contributed by atoms with Crippen molar-refractivity contribution in [1.29, 1.82) is 0 Å². The van der Waals surface area contributed by atoms with Crippen LogP contribution in [-0.2, 0) is 16.3 Å². The van der Waals surface area contributed by atoms with Crippen LogP contribution < -0.4 is 0 Å². The van der Waals surface area contributed by atoms with Crippen LogP contribution in [-0.4, -0.2) is 18.4 Å². The van der Waals surface area contributed by atoms with Gasteiger partial charge < -0.3 is 9.53 Å². The normalized spacial score (nSPS) is 25.2. The van der Waals surface area contributed by atoms with Crippen LogP contribution in [0.2, 0.25) is 18.1 Å². The number of pyridine rings is 1. The summed E-state index contributed by atoms with van der Waals surface area (Å²) in [6, 6.07) is 10.9. The average molecular weight is 634 g/mol. The molecule has 4 rings (SSSR count). The highest BCUT2D eigenvalue weighted by Crippen LogP contribution is 2.60. The van der Waals surface area contributed by atoms with Crippen LogP contribution in [0.1, 0.15) is 121 Å². The minimum atomic E-state index is -1.96. The third kappa shape index (κ3) is 5.90. The van der Waals surface area contributed by atoms with Crippen molar-refractivity contribution in [3.8, 4) is 0 Å². The number of fused-ring (bicyclic) bond motifs is 1. The fourth-order valence-corrected chi connectivity index (χ4v) is 8.20. The van der Waals surface area contributed by atoms with Gasteiger partial charge in [0.2, 0.25) is 0 Å². The van der Waals surface area contributed by atoms with Crippen LogP contribution in [0, 0.1) is 14.9 Å². The Morgan fingerprint density at radius 1 is 1.03 bits per heavy atom. The topological polar surface area (TPSA) is 42.4 Å². The Morgan fingerprint density at radius 2 is 1.62 bits per heavy atom. The van der Waals surface area contributed by atoms with Gasteiger partial charge in [0.1, 0.15) is 0 Å². The van der Waals surface area contributed by atoms with Crippen molar-refractivity contribution in [1.82, 2.24) is 4.98 Å². The molecule has 2 atom stereocenters. The summed E-state index contributed by atoms with van der Waals surface area (Å²) < 4.78 is 8.44. The van der Waals surface area contributed by atoms with Crippen molar-refractivity contribution in [2.45, 2.75) is 123 Å². The van der Waals surface area contributed by atoms with Gasteiger partial charge in [-0.15, -0.1) is 0 Å². The molecule has 1 N–H and O–H groups in total. The Bertz CT molecular complexity index is 1120. The summed E-state index contributed by atoms with van der Waals surface area (Å²) in [4.78, 5) is 5.22. The first kappa shape index (κ1) is 29.2. The standard InChI is InChI=1S/C32H48INO2Si/c1-20(2)25-15-24(33)28-26(34-25)18-32(19-27(28)36-37(9,10)31(6,7)8)16-22(17-32)29(35)21-11-13-23(14-12-21)30(3,4)5/h11-15,20,22,27,29,35H,16-19H2,1-10H3/t22?,27-,29-,32?/m0/s1. The Hall–Kier alpha value is -0.763. The van der Waals surface area contributed by atoms with Crippen LogP contribution in [0.15, 0.2) is 30.3 Å². The number of aliphatic hydroxyl groups excluding tert-OH is 1. The van der Waals surface area contributed by atoms with E-state index in [0.29, 0.717) is 11.8 Å². The lowest BCUT2D eigenvalue weighted by atomic mass is 9.53. The van der Waals surface area contributed by atoms with E-state index in [-0.39, 0.29) is 22.0 Å². The molecule has 2 aliphatic rings. The second-order valence-corrected chi connectivity index (χ2v) is 20.7. The van der Waals surface area contributed by atoms with E-state index in [1.807, 2.05) is 0 Å². The quantitative estimate of drug-likeness (QED) is 0.264. The van der Waals surface area contributed by atoms with Gasteiger partial charge in [-0.05, 0) is 106 Å². The molecule has 204 valence electrons. The molecule has 0 bridgehead atoms. The molecule has 0 unspecified atom stereocenters. The van der Waals surface area contributed by atoms with Crippen LogP contribution in [0.25, 0.3) is 0 Å². The van der Waals surface area contributed by atoms with Crippen molar-refractivity contribution in [2.75, 3.05) is 0 Å². The van der Waals surface area contributed by atoms with Gasteiger partial charge in [-0.3, -0.25) is 4.98 Å². The summed E-state index contributed by atoms with van der Waals surface area (Å²) in [7, 11) is -1.96. The molecule has 2 aromatic rings. The predicted molar refractivity (Wildman–Crippen MR) is 166 cm³/mol. The molecule has 0 amide bonds. The number of aromatic nitrogens is 1. The number of halogens is 1. The maximum absolute atomic E-state index is 11.3. The predicted octanol–water partition coefficient (Wildman–Crippen LogP) is 9.25. The van der Waals surface area contributed by atoms with Crippen molar-refractivity contribution in [2.24, 2.45) is 11.3 Å². The van der Waals surface area contributed by atoms with Crippen molar-refractivity contribution in [3.05, 3.63) is 62.0 Å². The Kier molecular flexibility index (Phi) is 7.91. The molecule has 1 saturated carbocycles. The highest BCUT2D eigenvalue weighted by molar-refractivity contribution is 14.1. The molecule has 5 heteroatoms. The number of aliphatic hydroxyl groups is 1. The van der Waals surface area contributed by atoms with E-state index < -0.39 is 14.4 Å². The van der Waals surface area contributed by atoms with Crippen molar-refractivity contribution in [3.63, 3.8) is 0 Å².